The molecule has 0 radical (unpaired) electrons. The summed E-state index contributed by atoms with van der Waals surface area (Å²) in [7, 11) is 3.92. The summed E-state index contributed by atoms with van der Waals surface area (Å²) < 4.78 is 6.10. The second-order valence-corrected chi connectivity index (χ2v) is 10.4. The number of allylic oxidation sites excluding steroid dienone is 2. The Morgan fingerprint density at radius 3 is 2.94 bits per heavy atom. The van der Waals surface area contributed by atoms with Crippen LogP contribution >= 0.6 is 11.3 Å². The van der Waals surface area contributed by atoms with E-state index in [4.69, 9.17) is 15.5 Å². The third-order valence-corrected chi connectivity index (χ3v) is 7.10. The first-order valence-corrected chi connectivity index (χ1v) is 12.6. The number of carboxylic acids is 1. The fraction of sp³-hybridized carbons (Fsp3) is 0.400. The minimum Gasteiger partial charge on any atom is -0.492 e. The van der Waals surface area contributed by atoms with E-state index in [1.54, 1.807) is 0 Å². The predicted molar refractivity (Wildman–Crippen MR) is 139 cm³/mol. The van der Waals surface area contributed by atoms with Crippen molar-refractivity contribution in [3.8, 4) is 0 Å². The molecule has 4 heterocycles. The van der Waals surface area contributed by atoms with Crippen LogP contribution in [0.4, 0.5) is 10.9 Å². The Hall–Kier alpha value is -3.57. The first-order chi connectivity index (χ1) is 17.3. The van der Waals surface area contributed by atoms with Crippen LogP contribution in [0.15, 0.2) is 35.7 Å². The van der Waals surface area contributed by atoms with Crippen molar-refractivity contribution in [2.75, 3.05) is 44.4 Å². The van der Waals surface area contributed by atoms with Crippen LogP contribution in [0.25, 0.3) is 10.3 Å². The first-order valence-electron chi connectivity index (χ1n) is 11.8. The fourth-order valence-electron chi connectivity index (χ4n) is 4.67. The number of hydrogen-bond donors (Lipinski definition) is 2. The molecule has 10 nitrogen and oxygen atoms in total. The Kier molecular flexibility index (Phi) is 6.59. The number of carbonyl (C=O) groups is 1. The quantitative estimate of drug-likeness (QED) is 0.513. The third kappa shape index (κ3) is 5.02. The molecular formula is C25H29N7O3S. The number of hydrogen-bond acceptors (Lipinski definition) is 10. The van der Waals surface area contributed by atoms with E-state index in [9.17, 15) is 9.90 Å². The predicted octanol–water partition coefficient (Wildman–Crippen LogP) is 2.90. The van der Waals surface area contributed by atoms with Gasteiger partial charge >= 0.3 is 5.97 Å². The van der Waals surface area contributed by atoms with E-state index < -0.39 is 5.97 Å². The summed E-state index contributed by atoms with van der Waals surface area (Å²) in [6, 6.07) is 2.05. The van der Waals surface area contributed by atoms with Crippen LogP contribution in [0.1, 0.15) is 35.0 Å². The molecule has 1 atom stereocenters. The van der Waals surface area contributed by atoms with Crippen molar-refractivity contribution in [1.82, 2.24) is 24.8 Å². The molecule has 1 unspecified atom stereocenters. The van der Waals surface area contributed by atoms with Crippen LogP contribution in [0.2, 0.25) is 0 Å². The molecule has 0 bridgehead atoms. The molecule has 5 rings (SSSR count). The van der Waals surface area contributed by atoms with Gasteiger partial charge in [-0.3, -0.25) is 4.79 Å². The first kappa shape index (κ1) is 24.1. The maximum Gasteiger partial charge on any atom is 0.308 e. The summed E-state index contributed by atoms with van der Waals surface area (Å²) in [5.74, 6) is 1.43. The molecule has 1 fully saturated rings. The molecule has 11 heteroatoms. The monoisotopic (exact) mass is 507 g/mol. The minimum atomic E-state index is -0.905. The van der Waals surface area contributed by atoms with Crippen LogP contribution in [-0.2, 0) is 22.5 Å². The number of nitrogen functional groups attached to an aromatic ring is 1. The van der Waals surface area contributed by atoms with Gasteiger partial charge in [-0.1, -0.05) is 17.4 Å². The minimum absolute atomic E-state index is 0.127. The van der Waals surface area contributed by atoms with Gasteiger partial charge in [0.25, 0.3) is 0 Å². The van der Waals surface area contributed by atoms with Crippen molar-refractivity contribution in [1.29, 1.82) is 0 Å². The largest absolute Gasteiger partial charge is 0.492 e. The number of thiazole rings is 1. The molecule has 0 amide bonds. The van der Waals surface area contributed by atoms with Gasteiger partial charge in [0.1, 0.15) is 34.4 Å². The SMILES string of the molecule is Cc1nc(CN(C)C)nc(N2CCOC3=CCC(c4cnc5sc(N)nc5c4)C=C3C2)c1CC(=O)O. The van der Waals surface area contributed by atoms with Crippen molar-refractivity contribution in [3.05, 3.63) is 58.4 Å². The molecule has 1 aliphatic heterocycles. The van der Waals surface area contributed by atoms with E-state index in [0.29, 0.717) is 54.3 Å². The summed E-state index contributed by atoms with van der Waals surface area (Å²) in [6.07, 6.45) is 6.91. The lowest BCUT2D eigenvalue weighted by Crippen LogP contribution is -2.31. The third-order valence-electron chi connectivity index (χ3n) is 6.29. The zero-order valence-corrected chi connectivity index (χ0v) is 21.4. The van der Waals surface area contributed by atoms with Crippen molar-refractivity contribution in [3.63, 3.8) is 0 Å². The highest BCUT2D eigenvalue weighted by Gasteiger charge is 2.27. The number of carboxylic acid groups (broad SMARTS) is 1. The molecule has 0 spiro atoms. The number of nitrogens with two attached hydrogens (primary N) is 1. The second-order valence-electron chi connectivity index (χ2n) is 9.35. The van der Waals surface area contributed by atoms with E-state index >= 15 is 0 Å². The molecule has 1 aliphatic carbocycles. The molecule has 36 heavy (non-hydrogen) atoms. The number of aromatic nitrogens is 4. The van der Waals surface area contributed by atoms with Gasteiger partial charge in [-0.2, -0.15) is 0 Å². The molecule has 3 aromatic rings. The normalized spacial score (nSPS) is 17.9. The zero-order valence-electron chi connectivity index (χ0n) is 20.6. The molecule has 188 valence electrons. The molecule has 3 N–H and O–H groups in total. The lowest BCUT2D eigenvalue weighted by Gasteiger charge is -2.26. The second kappa shape index (κ2) is 9.82. The van der Waals surface area contributed by atoms with Crippen LogP contribution in [0.3, 0.4) is 0 Å². The Labute approximate surface area is 213 Å². The van der Waals surface area contributed by atoms with Gasteiger partial charge in [0.05, 0.1) is 19.5 Å². The number of nitrogens with zero attached hydrogens (tertiary/aromatic N) is 6. The van der Waals surface area contributed by atoms with Gasteiger partial charge in [-0.15, -0.1) is 0 Å². The Balaban J connectivity index is 1.49. The standard InChI is InChI=1S/C25H29N7O3S/c1-14-18(10-22(33)34)23(30-21(28-14)13-31(2)3)32-6-7-35-20-5-4-15(8-17(20)12-32)16-9-19-24(27-11-16)36-25(26)29-19/h5,8-9,11,15H,4,6-7,10,12-13H2,1-3H3,(H2,26,29)(H,33,34). The van der Waals surface area contributed by atoms with E-state index in [0.717, 1.165) is 33.7 Å². The number of anilines is 2. The van der Waals surface area contributed by atoms with Gasteiger partial charge in [0.15, 0.2) is 5.13 Å². The van der Waals surface area contributed by atoms with E-state index in [1.165, 1.54) is 11.3 Å². The lowest BCUT2D eigenvalue weighted by atomic mass is 9.89. The molecule has 3 aromatic heterocycles. The van der Waals surface area contributed by atoms with E-state index in [-0.39, 0.29) is 12.3 Å². The Morgan fingerprint density at radius 2 is 2.17 bits per heavy atom. The average Bonchev–Trinajstić information content (AvgIpc) is 3.05. The fourth-order valence-corrected chi connectivity index (χ4v) is 5.33. The number of pyridine rings is 1. The molecule has 2 aliphatic rings. The highest BCUT2D eigenvalue weighted by atomic mass is 32.1. The molecule has 0 saturated carbocycles. The zero-order chi connectivity index (χ0) is 25.4. The maximum atomic E-state index is 11.7. The number of aryl methyl sites for hydroxylation is 1. The van der Waals surface area contributed by atoms with E-state index in [1.807, 2.05) is 32.1 Å². The van der Waals surface area contributed by atoms with Crippen LogP contribution < -0.4 is 10.6 Å². The summed E-state index contributed by atoms with van der Waals surface area (Å²) in [6.45, 7) is 4.06. The Morgan fingerprint density at radius 1 is 1.33 bits per heavy atom. The Bertz CT molecular complexity index is 1380. The molecule has 0 aromatic carbocycles. The van der Waals surface area contributed by atoms with E-state index in [2.05, 4.69) is 38.1 Å². The number of ether oxygens (including phenoxy) is 1. The van der Waals surface area contributed by atoms with Crippen LogP contribution in [0.5, 0.6) is 0 Å². The smallest absolute Gasteiger partial charge is 0.308 e. The van der Waals surface area contributed by atoms with Crippen molar-refractivity contribution < 1.29 is 14.6 Å². The van der Waals surface area contributed by atoms with Gasteiger partial charge in [0.2, 0.25) is 0 Å². The highest BCUT2D eigenvalue weighted by Crippen LogP contribution is 2.35. The van der Waals surface area contributed by atoms with Crippen LogP contribution in [0, 0.1) is 6.92 Å². The summed E-state index contributed by atoms with van der Waals surface area (Å²) in [4.78, 5) is 35.0. The maximum absolute atomic E-state index is 11.7. The van der Waals surface area contributed by atoms with Crippen molar-refractivity contribution in [2.24, 2.45) is 0 Å². The lowest BCUT2D eigenvalue weighted by molar-refractivity contribution is -0.136. The average molecular weight is 508 g/mol. The molecule has 1 saturated heterocycles. The summed E-state index contributed by atoms with van der Waals surface area (Å²) >= 11 is 1.38. The molecular weight excluding hydrogens is 478 g/mol. The van der Waals surface area contributed by atoms with Crippen molar-refractivity contribution >= 4 is 38.6 Å². The van der Waals surface area contributed by atoms with Gasteiger partial charge < -0.3 is 25.4 Å². The van der Waals surface area contributed by atoms with Crippen LogP contribution in [-0.4, -0.2) is 69.7 Å². The van der Waals surface area contributed by atoms with Gasteiger partial charge in [-0.05, 0) is 45.1 Å². The van der Waals surface area contributed by atoms with Crippen molar-refractivity contribution in [2.45, 2.75) is 32.2 Å². The summed E-state index contributed by atoms with van der Waals surface area (Å²) in [5, 5.41) is 10.1. The summed E-state index contributed by atoms with van der Waals surface area (Å²) in [5.41, 5.74) is 10.1. The van der Waals surface area contributed by atoms with Gasteiger partial charge in [-0.25, -0.2) is 19.9 Å². The number of fused-ring (bicyclic) bond motifs is 2. The topological polar surface area (TPSA) is 131 Å². The van der Waals surface area contributed by atoms with Gasteiger partial charge in [0, 0.05) is 35.5 Å². The number of aliphatic carboxylic acids is 1. The number of rotatable bonds is 6. The highest BCUT2D eigenvalue weighted by molar-refractivity contribution is 7.21.